The van der Waals surface area contributed by atoms with E-state index in [1.54, 1.807) is 20.9 Å². The van der Waals surface area contributed by atoms with Gasteiger partial charge in [-0.25, -0.2) is 13.4 Å². The zero-order valence-electron chi connectivity index (χ0n) is 11.3. The SMILES string of the molecule is CNc1ncc(Br)cc1S(=O)(=O)N(C)CC(C)(C)O. The highest BCUT2D eigenvalue weighted by Crippen LogP contribution is 2.25. The van der Waals surface area contributed by atoms with Gasteiger partial charge in [-0.15, -0.1) is 0 Å². The van der Waals surface area contributed by atoms with Gasteiger partial charge < -0.3 is 10.4 Å². The molecule has 0 amide bonds. The lowest BCUT2D eigenvalue weighted by Crippen LogP contribution is -2.39. The molecule has 1 heterocycles. The van der Waals surface area contributed by atoms with E-state index >= 15 is 0 Å². The van der Waals surface area contributed by atoms with E-state index < -0.39 is 15.6 Å². The second-order valence-corrected chi connectivity index (χ2v) is 7.75. The molecule has 0 atom stereocenters. The van der Waals surface area contributed by atoms with Crippen molar-refractivity contribution in [2.24, 2.45) is 0 Å². The Labute approximate surface area is 122 Å². The molecule has 1 aromatic rings. The van der Waals surface area contributed by atoms with E-state index in [9.17, 15) is 13.5 Å². The van der Waals surface area contributed by atoms with Gasteiger partial charge in [-0.2, -0.15) is 4.31 Å². The third-order valence-corrected chi connectivity index (χ3v) is 4.60. The molecule has 1 rings (SSSR count). The van der Waals surface area contributed by atoms with Crippen LogP contribution >= 0.6 is 15.9 Å². The fourth-order valence-electron chi connectivity index (χ4n) is 1.60. The molecule has 0 unspecified atom stereocenters. The smallest absolute Gasteiger partial charge is 0.246 e. The summed E-state index contributed by atoms with van der Waals surface area (Å²) < 4.78 is 26.6. The van der Waals surface area contributed by atoms with Crippen molar-refractivity contribution >= 4 is 31.8 Å². The molecule has 0 aromatic carbocycles. The monoisotopic (exact) mass is 351 g/mol. The number of sulfonamides is 1. The third-order valence-electron chi connectivity index (χ3n) is 2.35. The summed E-state index contributed by atoms with van der Waals surface area (Å²) in [7, 11) is -0.692. The first-order valence-corrected chi connectivity index (χ1v) is 7.83. The van der Waals surface area contributed by atoms with Crippen molar-refractivity contribution < 1.29 is 13.5 Å². The van der Waals surface area contributed by atoms with Crippen molar-refractivity contribution in [2.45, 2.75) is 24.3 Å². The van der Waals surface area contributed by atoms with Gasteiger partial charge >= 0.3 is 0 Å². The molecular weight excluding hydrogens is 334 g/mol. The minimum Gasteiger partial charge on any atom is -0.389 e. The molecule has 0 bridgehead atoms. The molecule has 0 fully saturated rings. The number of hydrogen-bond donors (Lipinski definition) is 2. The maximum atomic E-state index is 12.5. The Hall–Kier alpha value is -0.700. The van der Waals surface area contributed by atoms with E-state index in [1.165, 1.54) is 19.3 Å². The molecule has 2 N–H and O–H groups in total. The van der Waals surface area contributed by atoms with Gasteiger partial charge in [0.1, 0.15) is 10.7 Å². The van der Waals surface area contributed by atoms with Crippen molar-refractivity contribution in [1.29, 1.82) is 0 Å². The molecule has 1 aromatic heterocycles. The molecule has 0 radical (unpaired) electrons. The molecule has 0 aliphatic rings. The lowest BCUT2D eigenvalue weighted by molar-refractivity contribution is 0.0640. The van der Waals surface area contributed by atoms with Gasteiger partial charge in [-0.1, -0.05) is 0 Å². The number of pyridine rings is 1. The molecule has 108 valence electrons. The molecule has 8 heteroatoms. The Morgan fingerprint density at radius 1 is 1.53 bits per heavy atom. The fraction of sp³-hybridized carbons (Fsp3) is 0.545. The van der Waals surface area contributed by atoms with Crippen molar-refractivity contribution in [3.8, 4) is 0 Å². The highest BCUT2D eigenvalue weighted by atomic mass is 79.9. The molecule has 0 saturated carbocycles. The second-order valence-electron chi connectivity index (χ2n) is 4.82. The van der Waals surface area contributed by atoms with Gasteiger partial charge in [-0.05, 0) is 35.8 Å². The zero-order chi connectivity index (χ0) is 14.8. The van der Waals surface area contributed by atoms with Crippen LogP contribution in [0, 0.1) is 0 Å². The predicted octanol–water partition coefficient (Wildman–Crippen LogP) is 1.28. The van der Waals surface area contributed by atoms with Crippen molar-refractivity contribution in [2.75, 3.05) is 26.0 Å². The minimum absolute atomic E-state index is 0.00893. The summed E-state index contributed by atoms with van der Waals surface area (Å²) in [5.41, 5.74) is -1.11. The van der Waals surface area contributed by atoms with E-state index in [4.69, 9.17) is 0 Å². The summed E-state index contributed by atoms with van der Waals surface area (Å²) in [5, 5.41) is 12.5. The largest absolute Gasteiger partial charge is 0.389 e. The second kappa shape index (κ2) is 5.74. The Morgan fingerprint density at radius 2 is 2.11 bits per heavy atom. The molecule has 6 nitrogen and oxygen atoms in total. The summed E-state index contributed by atoms with van der Waals surface area (Å²) in [6.07, 6.45) is 1.51. The van der Waals surface area contributed by atoms with E-state index in [0.29, 0.717) is 4.47 Å². The summed E-state index contributed by atoms with van der Waals surface area (Å²) >= 11 is 3.21. The van der Waals surface area contributed by atoms with Gasteiger partial charge in [-0.3, -0.25) is 0 Å². The molecular formula is C11H18BrN3O3S. The highest BCUT2D eigenvalue weighted by Gasteiger charge is 2.29. The number of rotatable bonds is 5. The summed E-state index contributed by atoms with van der Waals surface area (Å²) in [5.74, 6) is 0.269. The average Bonchev–Trinajstić information content (AvgIpc) is 2.26. The van der Waals surface area contributed by atoms with Gasteiger partial charge in [0.25, 0.3) is 0 Å². The first-order valence-electron chi connectivity index (χ1n) is 5.60. The topological polar surface area (TPSA) is 82.5 Å². The Bertz CT molecular complexity index is 555. The van der Waals surface area contributed by atoms with Gasteiger partial charge in [0.05, 0.1) is 5.60 Å². The van der Waals surface area contributed by atoms with Crippen LogP contribution in [-0.2, 0) is 10.0 Å². The summed E-state index contributed by atoms with van der Waals surface area (Å²) in [6.45, 7) is 3.10. The first kappa shape index (κ1) is 16.4. The number of nitrogens with one attached hydrogen (secondary N) is 1. The van der Waals surface area contributed by atoms with E-state index in [1.807, 2.05) is 0 Å². The van der Waals surface area contributed by atoms with Crippen molar-refractivity contribution in [3.63, 3.8) is 0 Å². The summed E-state index contributed by atoms with van der Waals surface area (Å²) in [6, 6.07) is 1.48. The van der Waals surface area contributed by atoms with Gasteiger partial charge in [0.2, 0.25) is 10.0 Å². The first-order chi connectivity index (χ1) is 8.58. The maximum Gasteiger partial charge on any atom is 0.246 e. The minimum atomic E-state index is -3.72. The van der Waals surface area contributed by atoms with E-state index in [2.05, 4.69) is 26.2 Å². The number of aromatic nitrogens is 1. The average molecular weight is 352 g/mol. The lowest BCUT2D eigenvalue weighted by Gasteiger charge is -2.25. The van der Waals surface area contributed by atoms with Crippen LogP contribution in [0.25, 0.3) is 0 Å². The zero-order valence-corrected chi connectivity index (χ0v) is 13.7. The number of anilines is 1. The molecule has 0 aliphatic heterocycles. The van der Waals surface area contributed by atoms with Crippen LogP contribution in [0.5, 0.6) is 0 Å². The molecule has 0 aliphatic carbocycles. The van der Waals surface area contributed by atoms with Crippen LogP contribution < -0.4 is 5.32 Å². The van der Waals surface area contributed by atoms with E-state index in [0.717, 1.165) is 4.31 Å². The summed E-state index contributed by atoms with van der Waals surface area (Å²) in [4.78, 5) is 4.08. The highest BCUT2D eigenvalue weighted by molar-refractivity contribution is 9.10. The van der Waals surface area contributed by atoms with Crippen LogP contribution in [-0.4, -0.2) is 49.1 Å². The third kappa shape index (κ3) is 4.13. The van der Waals surface area contributed by atoms with Gasteiger partial charge in [0, 0.05) is 31.3 Å². The van der Waals surface area contributed by atoms with Crippen LogP contribution in [0.3, 0.4) is 0 Å². The van der Waals surface area contributed by atoms with E-state index in [-0.39, 0.29) is 17.3 Å². The number of halogens is 1. The molecule has 0 spiro atoms. The number of likely N-dealkylation sites (N-methyl/N-ethyl adjacent to an activating group) is 1. The Balaban J connectivity index is 3.23. The lowest BCUT2D eigenvalue weighted by atomic mass is 10.1. The predicted molar refractivity (Wildman–Crippen MR) is 77.6 cm³/mol. The van der Waals surface area contributed by atoms with Crippen LogP contribution in [0.1, 0.15) is 13.8 Å². The fourth-order valence-corrected chi connectivity index (χ4v) is 3.58. The quantitative estimate of drug-likeness (QED) is 0.834. The number of nitrogens with zero attached hydrogens (tertiary/aromatic N) is 2. The maximum absolute atomic E-state index is 12.5. The van der Waals surface area contributed by atoms with Crippen LogP contribution in [0.2, 0.25) is 0 Å². The van der Waals surface area contributed by atoms with Gasteiger partial charge in [0.15, 0.2) is 0 Å². The van der Waals surface area contributed by atoms with Crippen LogP contribution in [0.15, 0.2) is 21.6 Å². The van der Waals surface area contributed by atoms with Crippen LogP contribution in [0.4, 0.5) is 5.82 Å². The molecule has 0 saturated heterocycles. The normalized spacial score (nSPS) is 12.8. The number of aliphatic hydroxyl groups is 1. The number of hydrogen-bond acceptors (Lipinski definition) is 5. The standard InChI is InChI=1S/C11H18BrN3O3S/c1-11(2,16)7-15(4)19(17,18)9-5-8(12)6-14-10(9)13-3/h5-6,16H,7H2,1-4H3,(H,13,14). The van der Waals surface area contributed by atoms with Crippen molar-refractivity contribution in [1.82, 2.24) is 9.29 Å². The molecule has 19 heavy (non-hydrogen) atoms. The Morgan fingerprint density at radius 3 is 2.58 bits per heavy atom. The van der Waals surface area contributed by atoms with Crippen molar-refractivity contribution in [3.05, 3.63) is 16.7 Å². The Kier molecular flexibility index (Phi) is 4.94.